The van der Waals surface area contributed by atoms with Gasteiger partial charge in [0.25, 0.3) is 0 Å². The summed E-state index contributed by atoms with van der Waals surface area (Å²) in [6.07, 6.45) is 27.9. The highest BCUT2D eigenvalue weighted by Gasteiger charge is 2.81. The number of rotatable bonds is 3. The van der Waals surface area contributed by atoms with Gasteiger partial charge in [0.1, 0.15) is 0 Å². The minimum Gasteiger partial charge on any atom is -0.396 e. The van der Waals surface area contributed by atoms with E-state index in [9.17, 15) is 5.11 Å². The quantitative estimate of drug-likeness (QED) is 0.256. The van der Waals surface area contributed by atoms with Crippen LogP contribution in [0, 0.1) is 94.2 Å². The molecule has 3 heterocycles. The fourth-order valence-corrected chi connectivity index (χ4v) is 19.3. The fraction of sp³-hybridized carbons (Fsp3) is 1.00. The molecule has 18 atom stereocenters. The standard InChI is InChI=1S/C43H69N3O2/c1-40(26-8-2-3-9-26)39-30-15-13-27(22-47)42(39,45)23-43(48-40)32-20-41(17-4-5-18-41)19-31-34(25-12-16-33(44)46-21-25)28-10-6-7-24-11-14-29(38(30)43)37(35(24)28)36(31)32/h24-39,46-47H,2-23,44-45H2,1H3. The second-order valence-corrected chi connectivity index (χ2v) is 21.3. The third-order valence-electron chi connectivity index (χ3n) is 20.1. The van der Waals surface area contributed by atoms with Crippen molar-refractivity contribution in [2.24, 2.45) is 106 Å². The molecular weight excluding hydrogens is 590 g/mol. The molecule has 12 aliphatic rings. The van der Waals surface area contributed by atoms with Crippen LogP contribution < -0.4 is 16.8 Å². The number of aliphatic hydroxyl groups excluding tert-OH is 1. The van der Waals surface area contributed by atoms with E-state index in [0.29, 0.717) is 35.0 Å². The van der Waals surface area contributed by atoms with E-state index in [1.54, 1.807) is 0 Å². The van der Waals surface area contributed by atoms with Crippen molar-refractivity contribution >= 4 is 0 Å². The molecule has 268 valence electrons. The van der Waals surface area contributed by atoms with Crippen LogP contribution in [-0.2, 0) is 4.74 Å². The average Bonchev–Trinajstić information content (AvgIpc) is 3.79. The summed E-state index contributed by atoms with van der Waals surface area (Å²) in [5.74, 6) is 11.5. The van der Waals surface area contributed by atoms with Gasteiger partial charge in [-0.05, 0) is 186 Å². The molecule has 5 heteroatoms. The molecule has 9 aliphatic carbocycles. The van der Waals surface area contributed by atoms with Gasteiger partial charge in [-0.25, -0.2) is 0 Å². The van der Waals surface area contributed by atoms with Gasteiger partial charge < -0.3 is 26.6 Å². The Balaban J connectivity index is 1.11. The van der Waals surface area contributed by atoms with Crippen LogP contribution in [0.4, 0.5) is 0 Å². The molecule has 0 aromatic rings. The Morgan fingerprint density at radius 2 is 1.52 bits per heavy atom. The van der Waals surface area contributed by atoms with E-state index >= 15 is 0 Å². The largest absolute Gasteiger partial charge is 0.396 e. The predicted molar refractivity (Wildman–Crippen MR) is 189 cm³/mol. The molecular formula is C43H69N3O2. The smallest absolute Gasteiger partial charge is 0.0772 e. The molecule has 0 amide bonds. The highest BCUT2D eigenvalue weighted by atomic mass is 16.5. The predicted octanol–water partition coefficient (Wildman–Crippen LogP) is 7.25. The van der Waals surface area contributed by atoms with E-state index in [4.69, 9.17) is 16.2 Å². The van der Waals surface area contributed by atoms with Gasteiger partial charge in [0.2, 0.25) is 0 Å². The van der Waals surface area contributed by atoms with Crippen LogP contribution in [-0.4, -0.2) is 41.2 Å². The molecule has 3 saturated heterocycles. The Hall–Kier alpha value is -0.200. The first kappa shape index (κ1) is 31.3. The summed E-state index contributed by atoms with van der Waals surface area (Å²) in [6.45, 7) is 4.04. The highest BCUT2D eigenvalue weighted by Crippen LogP contribution is 2.80. The van der Waals surface area contributed by atoms with E-state index in [0.717, 1.165) is 79.1 Å². The van der Waals surface area contributed by atoms with Gasteiger partial charge in [-0.15, -0.1) is 0 Å². The molecule has 0 radical (unpaired) electrons. The number of nitrogens with one attached hydrogen (secondary N) is 1. The van der Waals surface area contributed by atoms with Crippen LogP contribution in [0.2, 0.25) is 0 Å². The van der Waals surface area contributed by atoms with Gasteiger partial charge in [0.05, 0.1) is 17.4 Å². The molecule has 6 N–H and O–H groups in total. The summed E-state index contributed by atoms with van der Waals surface area (Å²) in [5.41, 5.74) is 14.6. The summed E-state index contributed by atoms with van der Waals surface area (Å²) in [6, 6.07) is 0. The molecule has 48 heavy (non-hydrogen) atoms. The van der Waals surface area contributed by atoms with Crippen molar-refractivity contribution in [3.05, 3.63) is 0 Å². The Kier molecular flexibility index (Phi) is 6.98. The zero-order chi connectivity index (χ0) is 32.2. The molecule has 9 saturated carbocycles. The van der Waals surface area contributed by atoms with Gasteiger partial charge in [0.15, 0.2) is 0 Å². The Bertz CT molecular complexity index is 1270. The number of fused-ring (bicyclic) bond motifs is 1. The number of hydrogen-bond donors (Lipinski definition) is 4. The highest BCUT2D eigenvalue weighted by molar-refractivity contribution is 5.31. The van der Waals surface area contributed by atoms with Crippen LogP contribution in [0.5, 0.6) is 0 Å². The van der Waals surface area contributed by atoms with Gasteiger partial charge in [0, 0.05) is 24.0 Å². The van der Waals surface area contributed by atoms with Gasteiger partial charge in [-0.1, -0.05) is 38.5 Å². The second kappa shape index (κ2) is 10.7. The summed E-state index contributed by atoms with van der Waals surface area (Å²) >= 11 is 0. The molecule has 4 bridgehead atoms. The molecule has 3 aliphatic heterocycles. The first-order valence-corrected chi connectivity index (χ1v) is 21.9. The normalized spacial score (nSPS) is 60.9. The maximum absolute atomic E-state index is 11.1. The molecule has 0 aromatic heterocycles. The summed E-state index contributed by atoms with van der Waals surface area (Å²) < 4.78 is 8.37. The maximum atomic E-state index is 11.1. The minimum absolute atomic E-state index is 0.0779. The van der Waals surface area contributed by atoms with E-state index in [-0.39, 0.29) is 35.4 Å². The van der Waals surface area contributed by atoms with Crippen molar-refractivity contribution in [2.45, 2.75) is 158 Å². The lowest BCUT2D eigenvalue weighted by Gasteiger charge is -2.81. The van der Waals surface area contributed by atoms with Crippen LogP contribution >= 0.6 is 0 Å². The number of piperidine rings is 1. The molecule has 12 fully saturated rings. The van der Waals surface area contributed by atoms with Crippen LogP contribution in [0.15, 0.2) is 0 Å². The van der Waals surface area contributed by atoms with Gasteiger partial charge >= 0.3 is 0 Å². The molecule has 5 nitrogen and oxygen atoms in total. The topological polar surface area (TPSA) is 93.5 Å². The van der Waals surface area contributed by atoms with E-state index < -0.39 is 0 Å². The van der Waals surface area contributed by atoms with Crippen molar-refractivity contribution in [1.82, 2.24) is 5.32 Å². The molecule has 0 aromatic carbocycles. The van der Waals surface area contributed by atoms with E-state index in [1.165, 1.54) is 109 Å². The first-order chi connectivity index (χ1) is 23.3. The third kappa shape index (κ3) is 3.89. The Morgan fingerprint density at radius 3 is 2.29 bits per heavy atom. The summed E-state index contributed by atoms with van der Waals surface area (Å²) in [4.78, 5) is 0. The number of hydrogen-bond acceptors (Lipinski definition) is 5. The number of nitrogens with two attached hydrogens (primary N) is 2. The molecule has 18 unspecified atom stereocenters. The third-order valence-corrected chi connectivity index (χ3v) is 20.1. The lowest BCUT2D eigenvalue weighted by molar-refractivity contribution is -0.407. The number of aliphatic hydroxyl groups is 1. The second-order valence-electron chi connectivity index (χ2n) is 21.3. The molecule has 12 rings (SSSR count). The fourth-order valence-electron chi connectivity index (χ4n) is 19.3. The lowest BCUT2D eigenvalue weighted by Crippen LogP contribution is -2.86. The zero-order valence-corrected chi connectivity index (χ0v) is 30.3. The van der Waals surface area contributed by atoms with Gasteiger partial charge in [-0.2, -0.15) is 0 Å². The minimum atomic E-state index is -0.269. The monoisotopic (exact) mass is 660 g/mol. The number of ether oxygens (including phenoxy) is 1. The van der Waals surface area contributed by atoms with Crippen LogP contribution in [0.3, 0.4) is 0 Å². The van der Waals surface area contributed by atoms with Crippen LogP contribution in [0.25, 0.3) is 0 Å². The van der Waals surface area contributed by atoms with Crippen molar-refractivity contribution in [2.75, 3.05) is 13.2 Å². The van der Waals surface area contributed by atoms with Gasteiger partial charge in [-0.3, -0.25) is 0 Å². The van der Waals surface area contributed by atoms with Crippen molar-refractivity contribution in [3.8, 4) is 0 Å². The Morgan fingerprint density at radius 1 is 0.729 bits per heavy atom. The van der Waals surface area contributed by atoms with E-state index in [1.807, 2.05) is 0 Å². The maximum Gasteiger partial charge on any atom is 0.0772 e. The van der Waals surface area contributed by atoms with Crippen molar-refractivity contribution in [3.63, 3.8) is 0 Å². The molecule has 2 spiro atoms. The Labute approximate surface area is 291 Å². The SMILES string of the molecule is CC1(C2CCCC2)OC23CC4(N)C(CO)CCC(C41)C2C1CCC2CCCC4C(C5CCC(N)NC5)C5CC6(CCCC6)CC3C5C1C24. The summed E-state index contributed by atoms with van der Waals surface area (Å²) in [7, 11) is 0. The average molecular weight is 660 g/mol. The van der Waals surface area contributed by atoms with Crippen LogP contribution in [0.1, 0.15) is 135 Å². The van der Waals surface area contributed by atoms with Crippen molar-refractivity contribution in [1.29, 1.82) is 0 Å². The zero-order valence-electron chi connectivity index (χ0n) is 30.3. The summed E-state index contributed by atoms with van der Waals surface area (Å²) in [5, 5.41) is 14.9. The first-order valence-electron chi connectivity index (χ1n) is 21.9. The van der Waals surface area contributed by atoms with Crippen molar-refractivity contribution < 1.29 is 9.84 Å². The lowest BCUT2D eigenvalue weighted by atomic mass is 9.29. The van der Waals surface area contributed by atoms with E-state index in [2.05, 4.69) is 12.2 Å².